The Balaban J connectivity index is 0.000000275. The monoisotopic (exact) mass is 434 g/mol. The van der Waals surface area contributed by atoms with E-state index in [1.54, 1.807) is 0 Å². The van der Waals surface area contributed by atoms with Crippen molar-refractivity contribution in [2.75, 3.05) is 32.7 Å². The van der Waals surface area contributed by atoms with E-state index in [0.717, 1.165) is 30.9 Å². The Morgan fingerprint density at radius 1 is 0.871 bits per heavy atom. The molecule has 4 heteroatoms. The largest absolute Gasteiger partial charge is 0.341 e. The van der Waals surface area contributed by atoms with Crippen LogP contribution in [0.1, 0.15) is 107 Å². The van der Waals surface area contributed by atoms with Gasteiger partial charge in [-0.3, -0.25) is 0 Å². The average molecular weight is 435 g/mol. The number of nitrogens with zero attached hydrogens (tertiary/aromatic N) is 4. The molecule has 0 radical (unpaired) electrons. The highest BCUT2D eigenvalue weighted by Gasteiger charge is 2.24. The number of hydrogen-bond acceptors (Lipinski definition) is 4. The van der Waals surface area contributed by atoms with E-state index < -0.39 is 0 Å². The second-order valence-corrected chi connectivity index (χ2v) is 10.0. The van der Waals surface area contributed by atoms with Crippen LogP contribution in [0, 0.1) is 17.8 Å². The fourth-order valence-corrected chi connectivity index (χ4v) is 4.52. The van der Waals surface area contributed by atoms with Crippen molar-refractivity contribution in [3.05, 3.63) is 0 Å². The van der Waals surface area contributed by atoms with Crippen molar-refractivity contribution >= 4 is 11.7 Å². The SMILES string of the molecule is CC1=NC(N2CCCC2)=NC(C)C1C.CCC.CCC(C)[C@@H](CC)CN1CCCCC1. The molecule has 0 aromatic heterocycles. The minimum absolute atomic E-state index is 0.392. The molecule has 0 aromatic rings. The van der Waals surface area contributed by atoms with E-state index in [1.807, 2.05) is 0 Å². The first-order valence-corrected chi connectivity index (χ1v) is 13.5. The van der Waals surface area contributed by atoms with Crippen LogP contribution in [-0.2, 0) is 0 Å². The maximum atomic E-state index is 4.65. The summed E-state index contributed by atoms with van der Waals surface area (Å²) >= 11 is 0. The second-order valence-electron chi connectivity index (χ2n) is 10.0. The zero-order chi connectivity index (χ0) is 23.2. The van der Waals surface area contributed by atoms with Crippen molar-refractivity contribution in [3.63, 3.8) is 0 Å². The van der Waals surface area contributed by atoms with Crippen LogP contribution in [0.3, 0.4) is 0 Å². The van der Waals surface area contributed by atoms with Gasteiger partial charge in [-0.15, -0.1) is 0 Å². The Morgan fingerprint density at radius 2 is 1.42 bits per heavy atom. The van der Waals surface area contributed by atoms with Crippen LogP contribution >= 0.6 is 0 Å². The minimum Gasteiger partial charge on any atom is -0.341 e. The molecule has 4 nitrogen and oxygen atoms in total. The van der Waals surface area contributed by atoms with Gasteiger partial charge in [0.15, 0.2) is 0 Å². The molecule has 4 atom stereocenters. The average Bonchev–Trinajstić information content (AvgIpc) is 3.32. The van der Waals surface area contributed by atoms with Crippen LogP contribution in [0.15, 0.2) is 9.98 Å². The van der Waals surface area contributed by atoms with Gasteiger partial charge in [-0.2, -0.15) is 0 Å². The number of guanidine groups is 1. The van der Waals surface area contributed by atoms with E-state index in [4.69, 9.17) is 0 Å². The van der Waals surface area contributed by atoms with Crippen molar-refractivity contribution < 1.29 is 0 Å². The summed E-state index contributed by atoms with van der Waals surface area (Å²) in [4.78, 5) is 14.2. The summed E-state index contributed by atoms with van der Waals surface area (Å²) in [6, 6.07) is 0.392. The van der Waals surface area contributed by atoms with Crippen molar-refractivity contribution in [3.8, 4) is 0 Å². The lowest BCUT2D eigenvalue weighted by Crippen LogP contribution is -2.35. The Kier molecular flexibility index (Phi) is 14.4. The predicted octanol–water partition coefficient (Wildman–Crippen LogP) is 6.90. The van der Waals surface area contributed by atoms with Crippen molar-refractivity contribution in [2.45, 2.75) is 113 Å². The normalized spacial score (nSPS) is 26.0. The fraction of sp³-hybridized carbons (Fsp3) is 0.926. The maximum absolute atomic E-state index is 4.65. The smallest absolute Gasteiger partial charge is 0.220 e. The van der Waals surface area contributed by atoms with Gasteiger partial charge >= 0.3 is 0 Å². The van der Waals surface area contributed by atoms with Crippen LogP contribution in [0.2, 0.25) is 0 Å². The Bertz CT molecular complexity index is 515. The van der Waals surface area contributed by atoms with Gasteiger partial charge in [0.2, 0.25) is 5.96 Å². The Morgan fingerprint density at radius 3 is 1.90 bits per heavy atom. The van der Waals surface area contributed by atoms with Crippen LogP contribution in [0.5, 0.6) is 0 Å². The highest BCUT2D eigenvalue weighted by Crippen LogP contribution is 2.22. The van der Waals surface area contributed by atoms with E-state index in [9.17, 15) is 0 Å². The lowest BCUT2D eigenvalue weighted by molar-refractivity contribution is 0.164. The van der Waals surface area contributed by atoms with E-state index >= 15 is 0 Å². The molecular formula is C27H54N4. The molecule has 3 aliphatic rings. The molecule has 2 saturated heterocycles. The molecule has 3 heterocycles. The molecule has 0 amide bonds. The Labute approximate surface area is 195 Å². The minimum atomic E-state index is 0.392. The molecule has 0 aliphatic carbocycles. The van der Waals surface area contributed by atoms with Crippen LogP contribution in [0.4, 0.5) is 0 Å². The van der Waals surface area contributed by atoms with Gasteiger partial charge in [0, 0.05) is 31.3 Å². The summed E-state index contributed by atoms with van der Waals surface area (Å²) in [5.74, 6) is 3.31. The van der Waals surface area contributed by atoms with Crippen molar-refractivity contribution in [2.24, 2.45) is 27.7 Å². The third-order valence-corrected chi connectivity index (χ3v) is 7.28. The van der Waals surface area contributed by atoms with Gasteiger partial charge in [0.05, 0.1) is 6.04 Å². The highest BCUT2D eigenvalue weighted by atomic mass is 15.3. The number of piperidine rings is 1. The predicted molar refractivity (Wildman–Crippen MR) is 139 cm³/mol. The first kappa shape index (κ1) is 28.1. The van der Waals surface area contributed by atoms with Gasteiger partial charge in [0.25, 0.3) is 0 Å². The summed E-state index contributed by atoms with van der Waals surface area (Å²) in [6.45, 7) is 24.2. The van der Waals surface area contributed by atoms with Gasteiger partial charge < -0.3 is 9.80 Å². The summed E-state index contributed by atoms with van der Waals surface area (Å²) in [6.07, 6.45) is 10.8. The molecular weight excluding hydrogens is 380 g/mol. The molecule has 0 saturated carbocycles. The zero-order valence-electron chi connectivity index (χ0n) is 22.3. The topological polar surface area (TPSA) is 31.2 Å². The Hall–Kier alpha value is -0.900. The second kappa shape index (κ2) is 15.8. The number of rotatable bonds is 5. The molecule has 182 valence electrons. The molecule has 0 spiro atoms. The number of aliphatic imine (C=N–C) groups is 2. The van der Waals surface area contributed by atoms with E-state index in [1.165, 1.54) is 76.7 Å². The molecule has 3 unspecified atom stereocenters. The van der Waals surface area contributed by atoms with Crippen LogP contribution in [-0.4, -0.2) is 60.2 Å². The third-order valence-electron chi connectivity index (χ3n) is 7.28. The summed E-state index contributed by atoms with van der Waals surface area (Å²) in [7, 11) is 0. The molecule has 0 aromatic carbocycles. The lowest BCUT2D eigenvalue weighted by atomic mass is 9.88. The lowest BCUT2D eigenvalue weighted by Gasteiger charge is -2.32. The summed E-state index contributed by atoms with van der Waals surface area (Å²) < 4.78 is 0. The summed E-state index contributed by atoms with van der Waals surface area (Å²) in [5.41, 5.74) is 1.23. The molecule has 0 bridgehead atoms. The third kappa shape index (κ3) is 10.1. The quantitative estimate of drug-likeness (QED) is 0.471. The standard InChI is InChI=1S/C13H27N.C11H19N3.C3H8/c1-4-12(3)13(5-2)11-14-9-7-6-8-10-14;1-8-9(2)12-11(13-10(8)3)14-6-4-5-7-14;1-3-2/h12-13H,4-11H2,1-3H3;8-9H,4-7H2,1-3H3;3H2,1-2H3/t12?,13-;;/m0../s1. The van der Waals surface area contributed by atoms with Gasteiger partial charge in [-0.05, 0) is 64.5 Å². The molecule has 31 heavy (non-hydrogen) atoms. The van der Waals surface area contributed by atoms with E-state index in [-0.39, 0.29) is 0 Å². The number of hydrogen-bond donors (Lipinski definition) is 0. The fourth-order valence-electron chi connectivity index (χ4n) is 4.52. The van der Waals surface area contributed by atoms with E-state index in [0.29, 0.717) is 12.0 Å². The zero-order valence-corrected chi connectivity index (χ0v) is 22.3. The molecule has 3 aliphatic heterocycles. The van der Waals surface area contributed by atoms with Gasteiger partial charge in [-0.25, -0.2) is 9.98 Å². The molecule has 0 N–H and O–H groups in total. The van der Waals surface area contributed by atoms with Crippen LogP contribution in [0.25, 0.3) is 0 Å². The number of likely N-dealkylation sites (tertiary alicyclic amines) is 2. The summed E-state index contributed by atoms with van der Waals surface area (Å²) in [5, 5.41) is 0. The van der Waals surface area contributed by atoms with Gasteiger partial charge in [-0.1, -0.05) is 67.2 Å². The highest BCUT2D eigenvalue weighted by molar-refractivity contribution is 5.99. The molecule has 3 rings (SSSR count). The van der Waals surface area contributed by atoms with Gasteiger partial charge in [0.1, 0.15) is 0 Å². The van der Waals surface area contributed by atoms with Crippen molar-refractivity contribution in [1.29, 1.82) is 0 Å². The maximum Gasteiger partial charge on any atom is 0.220 e. The molecule has 2 fully saturated rings. The van der Waals surface area contributed by atoms with E-state index in [2.05, 4.69) is 75.2 Å². The first-order valence-electron chi connectivity index (χ1n) is 13.5. The first-order chi connectivity index (χ1) is 14.9. The van der Waals surface area contributed by atoms with Crippen LogP contribution < -0.4 is 0 Å². The van der Waals surface area contributed by atoms with Crippen molar-refractivity contribution in [1.82, 2.24) is 9.80 Å².